The van der Waals surface area contributed by atoms with Gasteiger partial charge in [0.15, 0.2) is 0 Å². The number of aromatic amines is 2. The summed E-state index contributed by atoms with van der Waals surface area (Å²) in [5, 5.41) is 0. The maximum Gasteiger partial charge on any atom is 0.0815 e. The third-order valence-electron chi connectivity index (χ3n) is 9.03. The standard InChI is InChI=1S/C44H31N5/c45-32-18-16-31(17-19-32)40-39-27-36-23-22-34(47-36)24-33-20-21-35(46-33)25-37-26-38(28-10-4-1-5-11-28)43(48-37)42(30-14-8-3-9-15-30)44(49-39)41(40)29-12-6-2-7-13-29/h1-27,46,49H,45H2. The number of benzene rings is 4. The highest BCUT2D eigenvalue weighted by Gasteiger charge is 2.24. The van der Waals surface area contributed by atoms with Crippen molar-refractivity contribution in [3.8, 4) is 33.4 Å². The number of hydrogen-bond donors (Lipinski definition) is 3. The largest absolute Gasteiger partial charge is 0.399 e. The fourth-order valence-corrected chi connectivity index (χ4v) is 6.82. The molecular formula is C44H31N5. The van der Waals surface area contributed by atoms with Crippen LogP contribution in [0.4, 0.5) is 5.69 Å². The van der Waals surface area contributed by atoms with E-state index < -0.39 is 0 Å². The van der Waals surface area contributed by atoms with E-state index in [9.17, 15) is 0 Å². The molecule has 2 aliphatic heterocycles. The minimum Gasteiger partial charge on any atom is -0.399 e. The number of nitrogen functional groups attached to an aromatic ring is 1. The lowest BCUT2D eigenvalue weighted by Crippen LogP contribution is -1.92. The van der Waals surface area contributed by atoms with Crippen molar-refractivity contribution in [2.24, 2.45) is 0 Å². The summed E-state index contributed by atoms with van der Waals surface area (Å²) in [4.78, 5) is 17.9. The molecular weight excluding hydrogens is 599 g/mol. The predicted molar refractivity (Wildman–Crippen MR) is 204 cm³/mol. The van der Waals surface area contributed by atoms with Crippen molar-refractivity contribution in [2.75, 3.05) is 5.73 Å². The molecule has 0 fully saturated rings. The Morgan fingerprint density at radius 2 is 1.00 bits per heavy atom. The van der Waals surface area contributed by atoms with Crippen LogP contribution in [-0.4, -0.2) is 19.9 Å². The van der Waals surface area contributed by atoms with Crippen molar-refractivity contribution >= 4 is 51.6 Å². The van der Waals surface area contributed by atoms with Gasteiger partial charge < -0.3 is 15.7 Å². The second-order valence-corrected chi connectivity index (χ2v) is 12.3. The zero-order chi connectivity index (χ0) is 32.7. The molecule has 0 radical (unpaired) electrons. The molecule has 0 aliphatic carbocycles. The molecule has 0 saturated heterocycles. The molecule has 5 nitrogen and oxygen atoms in total. The molecule has 3 aromatic heterocycles. The summed E-state index contributed by atoms with van der Waals surface area (Å²) in [7, 11) is 0. The molecule has 8 bridgehead atoms. The minimum absolute atomic E-state index is 0.718. The fraction of sp³-hybridized carbons (Fsp3) is 0. The number of fused-ring (bicyclic) bond motifs is 8. The summed E-state index contributed by atoms with van der Waals surface area (Å²) < 4.78 is 0. The highest BCUT2D eigenvalue weighted by Crippen LogP contribution is 2.45. The Hall–Kier alpha value is -6.72. The van der Waals surface area contributed by atoms with Crippen LogP contribution < -0.4 is 5.73 Å². The average Bonchev–Trinajstić information content (AvgIpc) is 3.94. The van der Waals surface area contributed by atoms with Crippen LogP contribution in [0.5, 0.6) is 0 Å². The Morgan fingerprint density at radius 3 is 1.65 bits per heavy atom. The van der Waals surface area contributed by atoms with Gasteiger partial charge in [-0.15, -0.1) is 0 Å². The summed E-state index contributed by atoms with van der Waals surface area (Å²) in [6.45, 7) is 0. The van der Waals surface area contributed by atoms with Gasteiger partial charge in [0.25, 0.3) is 0 Å². The van der Waals surface area contributed by atoms with Crippen LogP contribution in [-0.2, 0) is 0 Å². The lowest BCUT2D eigenvalue weighted by atomic mass is 9.91. The van der Waals surface area contributed by atoms with Gasteiger partial charge in [-0.3, -0.25) is 0 Å². The molecule has 0 amide bonds. The highest BCUT2D eigenvalue weighted by molar-refractivity contribution is 6.10. The van der Waals surface area contributed by atoms with E-state index in [0.29, 0.717) is 0 Å². The highest BCUT2D eigenvalue weighted by atomic mass is 14.8. The maximum atomic E-state index is 6.21. The quantitative estimate of drug-likeness (QED) is 0.169. The number of anilines is 1. The van der Waals surface area contributed by atoms with E-state index in [0.717, 1.165) is 95.0 Å². The Morgan fingerprint density at radius 1 is 0.449 bits per heavy atom. The second-order valence-electron chi connectivity index (χ2n) is 12.3. The minimum atomic E-state index is 0.718. The topological polar surface area (TPSA) is 83.4 Å². The molecule has 49 heavy (non-hydrogen) atoms. The van der Waals surface area contributed by atoms with Crippen LogP contribution in [0.2, 0.25) is 0 Å². The third-order valence-corrected chi connectivity index (χ3v) is 9.03. The van der Waals surface area contributed by atoms with Gasteiger partial charge in [-0.1, -0.05) is 103 Å². The fourth-order valence-electron chi connectivity index (χ4n) is 6.82. The lowest BCUT2D eigenvalue weighted by Gasteiger charge is -2.12. The van der Waals surface area contributed by atoms with Crippen molar-refractivity contribution in [3.05, 3.63) is 174 Å². The molecule has 0 spiro atoms. The first-order valence-corrected chi connectivity index (χ1v) is 16.4. The predicted octanol–water partition coefficient (Wildman–Crippen LogP) is 10.7. The van der Waals surface area contributed by atoms with Crippen LogP contribution in [0.25, 0.3) is 79.2 Å². The Balaban J connectivity index is 1.53. The van der Waals surface area contributed by atoms with E-state index in [-0.39, 0.29) is 0 Å². The van der Waals surface area contributed by atoms with E-state index in [1.807, 2.05) is 12.1 Å². The van der Waals surface area contributed by atoms with Gasteiger partial charge in [0.05, 0.1) is 28.3 Å². The van der Waals surface area contributed by atoms with Crippen molar-refractivity contribution in [3.63, 3.8) is 0 Å². The van der Waals surface area contributed by atoms with Crippen molar-refractivity contribution < 1.29 is 0 Å². The molecule has 5 heteroatoms. The maximum absolute atomic E-state index is 6.21. The normalized spacial score (nSPS) is 12.2. The van der Waals surface area contributed by atoms with Gasteiger partial charge in [0.1, 0.15) is 0 Å². The molecule has 0 unspecified atom stereocenters. The van der Waals surface area contributed by atoms with Crippen LogP contribution in [0, 0.1) is 0 Å². The van der Waals surface area contributed by atoms with E-state index in [2.05, 4.69) is 162 Å². The van der Waals surface area contributed by atoms with Crippen LogP contribution in [0.15, 0.2) is 146 Å². The number of nitrogens with zero attached hydrogens (tertiary/aromatic N) is 2. The molecule has 4 aromatic carbocycles. The van der Waals surface area contributed by atoms with Crippen LogP contribution in [0.3, 0.4) is 0 Å². The Kier molecular flexibility index (Phi) is 6.87. The smallest absolute Gasteiger partial charge is 0.0815 e. The van der Waals surface area contributed by atoms with E-state index in [1.54, 1.807) is 0 Å². The molecule has 0 atom stereocenters. The first-order valence-electron chi connectivity index (χ1n) is 16.4. The summed E-state index contributed by atoms with van der Waals surface area (Å²) in [5.41, 5.74) is 22.8. The number of H-pyrrole nitrogens is 2. The Labute approximate surface area is 283 Å². The zero-order valence-electron chi connectivity index (χ0n) is 26.6. The summed E-state index contributed by atoms with van der Waals surface area (Å²) in [6.07, 6.45) is 6.31. The summed E-state index contributed by atoms with van der Waals surface area (Å²) in [5.74, 6) is 0. The molecule has 232 valence electrons. The second kappa shape index (κ2) is 11.8. The van der Waals surface area contributed by atoms with Crippen molar-refractivity contribution in [1.29, 1.82) is 0 Å². The first-order chi connectivity index (χ1) is 24.2. The first kappa shape index (κ1) is 28.5. The summed E-state index contributed by atoms with van der Waals surface area (Å²) >= 11 is 0. The summed E-state index contributed by atoms with van der Waals surface area (Å²) in [6, 6.07) is 50.3. The molecule has 4 N–H and O–H groups in total. The third kappa shape index (κ3) is 5.33. The Bertz CT molecular complexity index is 2570. The van der Waals surface area contributed by atoms with Crippen LogP contribution >= 0.6 is 0 Å². The van der Waals surface area contributed by atoms with E-state index >= 15 is 0 Å². The number of nitrogens with two attached hydrogens (primary N) is 1. The van der Waals surface area contributed by atoms with Gasteiger partial charge in [-0.2, -0.15) is 0 Å². The van der Waals surface area contributed by atoms with Gasteiger partial charge in [-0.25, -0.2) is 9.97 Å². The van der Waals surface area contributed by atoms with Gasteiger partial charge in [0.2, 0.25) is 0 Å². The number of aromatic nitrogens is 4. The molecule has 0 saturated carbocycles. The average molecular weight is 630 g/mol. The molecule has 7 aromatic rings. The zero-order valence-corrected chi connectivity index (χ0v) is 26.6. The number of nitrogens with one attached hydrogen (secondary N) is 2. The lowest BCUT2D eigenvalue weighted by molar-refractivity contribution is 1.30. The van der Waals surface area contributed by atoms with E-state index in [1.165, 1.54) is 0 Å². The SMILES string of the molecule is Nc1ccc(-c2c(-c3ccccc3)c3[nH]c2cc2nc(cc4ccc(cc5nc(c3-c3ccccc3)C(c3ccccc3)=C5)[nH]4)C=C2)cc1. The molecule has 5 heterocycles. The van der Waals surface area contributed by atoms with Crippen LogP contribution in [0.1, 0.15) is 28.3 Å². The van der Waals surface area contributed by atoms with Crippen molar-refractivity contribution in [1.82, 2.24) is 19.9 Å². The molecule has 9 rings (SSSR count). The van der Waals surface area contributed by atoms with E-state index in [4.69, 9.17) is 15.7 Å². The van der Waals surface area contributed by atoms with Gasteiger partial charge in [-0.05, 0) is 82.9 Å². The monoisotopic (exact) mass is 629 g/mol. The number of hydrogen-bond acceptors (Lipinski definition) is 3. The molecule has 2 aliphatic rings. The number of rotatable bonds is 4. The van der Waals surface area contributed by atoms with Gasteiger partial charge in [0, 0.05) is 44.5 Å². The van der Waals surface area contributed by atoms with Gasteiger partial charge >= 0.3 is 0 Å². The van der Waals surface area contributed by atoms with Crippen molar-refractivity contribution in [2.45, 2.75) is 0 Å².